The molecular formula is C8H17ClN2O. The van der Waals surface area contributed by atoms with Gasteiger partial charge in [-0.15, -0.1) is 12.4 Å². The van der Waals surface area contributed by atoms with E-state index in [1.807, 2.05) is 5.01 Å². The second-order valence-electron chi connectivity index (χ2n) is 3.66. The summed E-state index contributed by atoms with van der Waals surface area (Å²) in [5.41, 5.74) is 0. The van der Waals surface area contributed by atoms with E-state index in [4.69, 9.17) is 10.6 Å². The largest absolute Gasteiger partial charge is 0.381 e. The van der Waals surface area contributed by atoms with Crippen LogP contribution in [0, 0.1) is 11.8 Å². The monoisotopic (exact) mass is 192 g/mol. The van der Waals surface area contributed by atoms with Crippen LogP contribution in [0.25, 0.3) is 0 Å². The minimum atomic E-state index is 0. The van der Waals surface area contributed by atoms with E-state index in [1.165, 1.54) is 12.8 Å². The van der Waals surface area contributed by atoms with Crippen molar-refractivity contribution in [3.05, 3.63) is 0 Å². The molecule has 0 saturated carbocycles. The van der Waals surface area contributed by atoms with Gasteiger partial charge in [0.1, 0.15) is 0 Å². The maximum atomic E-state index is 5.58. The van der Waals surface area contributed by atoms with Crippen LogP contribution in [0.15, 0.2) is 0 Å². The van der Waals surface area contributed by atoms with Gasteiger partial charge in [0.25, 0.3) is 0 Å². The molecule has 0 unspecified atom stereocenters. The molecule has 4 heteroatoms. The molecule has 2 aliphatic rings. The average molecular weight is 193 g/mol. The number of nitrogens with zero attached hydrogens (tertiary/aromatic N) is 1. The van der Waals surface area contributed by atoms with Crippen LogP contribution in [0.5, 0.6) is 0 Å². The molecule has 0 spiro atoms. The molecule has 0 aromatic rings. The van der Waals surface area contributed by atoms with Crippen molar-refractivity contribution in [2.75, 3.05) is 26.3 Å². The van der Waals surface area contributed by atoms with Gasteiger partial charge in [-0.2, -0.15) is 0 Å². The van der Waals surface area contributed by atoms with Gasteiger partial charge in [-0.3, -0.25) is 5.84 Å². The first-order valence-electron chi connectivity index (χ1n) is 4.43. The van der Waals surface area contributed by atoms with E-state index < -0.39 is 0 Å². The summed E-state index contributed by atoms with van der Waals surface area (Å²) < 4.78 is 5.30. The Morgan fingerprint density at radius 2 is 1.67 bits per heavy atom. The molecule has 0 aliphatic carbocycles. The minimum Gasteiger partial charge on any atom is -0.381 e. The molecule has 2 heterocycles. The SMILES string of the molecule is Cl.NN1CC(C2CCOCC2)C1. The highest BCUT2D eigenvalue weighted by molar-refractivity contribution is 5.85. The third-order valence-corrected chi connectivity index (χ3v) is 2.87. The van der Waals surface area contributed by atoms with Gasteiger partial charge >= 0.3 is 0 Å². The predicted molar refractivity (Wildman–Crippen MR) is 50.0 cm³/mol. The fourth-order valence-electron chi connectivity index (χ4n) is 2.03. The Labute approximate surface area is 79.6 Å². The van der Waals surface area contributed by atoms with E-state index in [1.54, 1.807) is 0 Å². The van der Waals surface area contributed by atoms with E-state index in [0.717, 1.165) is 38.1 Å². The number of rotatable bonds is 1. The quantitative estimate of drug-likeness (QED) is 0.620. The van der Waals surface area contributed by atoms with Crippen LogP contribution in [-0.4, -0.2) is 31.3 Å². The van der Waals surface area contributed by atoms with E-state index in [0.29, 0.717) is 0 Å². The fraction of sp³-hybridized carbons (Fsp3) is 1.00. The third-order valence-electron chi connectivity index (χ3n) is 2.87. The van der Waals surface area contributed by atoms with Crippen molar-refractivity contribution in [1.29, 1.82) is 0 Å². The Morgan fingerprint density at radius 3 is 2.17 bits per heavy atom. The zero-order chi connectivity index (χ0) is 7.68. The van der Waals surface area contributed by atoms with Gasteiger partial charge < -0.3 is 4.74 Å². The van der Waals surface area contributed by atoms with Crippen LogP contribution in [0.3, 0.4) is 0 Å². The van der Waals surface area contributed by atoms with Crippen LogP contribution < -0.4 is 5.84 Å². The van der Waals surface area contributed by atoms with Gasteiger partial charge in [-0.05, 0) is 24.7 Å². The molecule has 0 bridgehead atoms. The lowest BCUT2D eigenvalue weighted by Crippen LogP contribution is -2.54. The van der Waals surface area contributed by atoms with Crippen LogP contribution >= 0.6 is 12.4 Å². The summed E-state index contributed by atoms with van der Waals surface area (Å²) in [4.78, 5) is 0. The molecule has 0 radical (unpaired) electrons. The van der Waals surface area contributed by atoms with Crippen LogP contribution in [0.4, 0.5) is 0 Å². The second kappa shape index (κ2) is 4.42. The molecule has 3 nitrogen and oxygen atoms in total. The van der Waals surface area contributed by atoms with Crippen molar-refractivity contribution in [3.8, 4) is 0 Å². The van der Waals surface area contributed by atoms with Crippen molar-refractivity contribution in [1.82, 2.24) is 5.01 Å². The molecule has 2 N–H and O–H groups in total. The van der Waals surface area contributed by atoms with E-state index in [-0.39, 0.29) is 12.4 Å². The molecule has 12 heavy (non-hydrogen) atoms. The normalized spacial score (nSPS) is 27.8. The molecule has 2 aliphatic heterocycles. The van der Waals surface area contributed by atoms with Crippen molar-refractivity contribution in [2.24, 2.45) is 17.7 Å². The predicted octanol–water partition coefficient (Wildman–Crippen LogP) is 0.640. The van der Waals surface area contributed by atoms with E-state index in [9.17, 15) is 0 Å². The molecule has 72 valence electrons. The first-order valence-corrected chi connectivity index (χ1v) is 4.43. The van der Waals surface area contributed by atoms with Gasteiger partial charge in [-0.1, -0.05) is 0 Å². The number of hydrogen-bond acceptors (Lipinski definition) is 3. The second-order valence-corrected chi connectivity index (χ2v) is 3.66. The maximum absolute atomic E-state index is 5.58. The van der Waals surface area contributed by atoms with Crippen LogP contribution in [-0.2, 0) is 4.74 Å². The van der Waals surface area contributed by atoms with Crippen molar-refractivity contribution in [3.63, 3.8) is 0 Å². The van der Waals surface area contributed by atoms with Crippen LogP contribution in [0.1, 0.15) is 12.8 Å². The number of halogens is 1. The van der Waals surface area contributed by atoms with E-state index >= 15 is 0 Å². The average Bonchev–Trinajstić information content (AvgIpc) is 2.01. The summed E-state index contributed by atoms with van der Waals surface area (Å²) in [5, 5.41) is 1.90. The van der Waals surface area contributed by atoms with Gasteiger partial charge in [0.2, 0.25) is 0 Å². The summed E-state index contributed by atoms with van der Waals surface area (Å²) in [6.07, 6.45) is 2.50. The summed E-state index contributed by atoms with van der Waals surface area (Å²) in [7, 11) is 0. The third kappa shape index (κ3) is 2.10. The van der Waals surface area contributed by atoms with Gasteiger partial charge in [0, 0.05) is 26.3 Å². The lowest BCUT2D eigenvalue weighted by molar-refractivity contribution is -0.00754. The Balaban J connectivity index is 0.000000720. The Morgan fingerprint density at radius 1 is 1.08 bits per heavy atom. The molecule has 2 saturated heterocycles. The summed E-state index contributed by atoms with van der Waals surface area (Å²) in [5.74, 6) is 7.33. The zero-order valence-corrected chi connectivity index (χ0v) is 8.05. The Bertz CT molecular complexity index is 133. The van der Waals surface area contributed by atoms with Crippen molar-refractivity contribution >= 4 is 12.4 Å². The summed E-state index contributed by atoms with van der Waals surface area (Å²) >= 11 is 0. The minimum absolute atomic E-state index is 0. The molecule has 0 amide bonds. The number of hydrogen-bond donors (Lipinski definition) is 1. The maximum Gasteiger partial charge on any atom is 0.0468 e. The molecule has 2 fully saturated rings. The standard InChI is InChI=1S/C8H16N2O.ClH/c9-10-5-8(6-10)7-1-3-11-4-2-7;/h7-8H,1-6,9H2;1H. The first kappa shape index (κ1) is 10.3. The van der Waals surface area contributed by atoms with Gasteiger partial charge in [0.15, 0.2) is 0 Å². The highest BCUT2D eigenvalue weighted by Gasteiger charge is 2.32. The van der Waals surface area contributed by atoms with Crippen molar-refractivity contribution in [2.45, 2.75) is 12.8 Å². The first-order chi connectivity index (χ1) is 5.36. The lowest BCUT2D eigenvalue weighted by atomic mass is 9.82. The lowest BCUT2D eigenvalue weighted by Gasteiger charge is -2.42. The Hall–Kier alpha value is 0.170. The van der Waals surface area contributed by atoms with E-state index in [2.05, 4.69) is 0 Å². The highest BCUT2D eigenvalue weighted by Crippen LogP contribution is 2.28. The fourth-order valence-corrected chi connectivity index (χ4v) is 2.03. The van der Waals surface area contributed by atoms with Gasteiger partial charge in [0.05, 0.1) is 0 Å². The topological polar surface area (TPSA) is 38.5 Å². The summed E-state index contributed by atoms with van der Waals surface area (Å²) in [6.45, 7) is 4.13. The zero-order valence-electron chi connectivity index (χ0n) is 7.24. The molecule has 0 aromatic carbocycles. The number of ether oxygens (including phenoxy) is 1. The molecule has 2 rings (SSSR count). The smallest absolute Gasteiger partial charge is 0.0468 e. The van der Waals surface area contributed by atoms with Gasteiger partial charge in [-0.25, -0.2) is 5.01 Å². The summed E-state index contributed by atoms with van der Waals surface area (Å²) in [6, 6.07) is 0. The highest BCUT2D eigenvalue weighted by atomic mass is 35.5. The Kier molecular flexibility index (Phi) is 3.77. The molecule has 0 atom stereocenters. The molecule has 0 aromatic heterocycles. The van der Waals surface area contributed by atoms with Crippen molar-refractivity contribution < 1.29 is 4.74 Å². The van der Waals surface area contributed by atoms with Crippen LogP contribution in [0.2, 0.25) is 0 Å². The molecular weight excluding hydrogens is 176 g/mol. The number of nitrogens with two attached hydrogens (primary N) is 1. The number of hydrazine groups is 1.